The highest BCUT2D eigenvalue weighted by molar-refractivity contribution is 5.85. The number of imidazole rings is 1. The van der Waals surface area contributed by atoms with Gasteiger partial charge in [0.1, 0.15) is 5.82 Å². The molecule has 4 nitrogen and oxygen atoms in total. The lowest BCUT2D eigenvalue weighted by Gasteiger charge is -2.10. The Morgan fingerprint density at radius 1 is 1.47 bits per heavy atom. The first-order valence-electron chi connectivity index (χ1n) is 6.47. The van der Waals surface area contributed by atoms with Crippen LogP contribution < -0.4 is 5.73 Å². The summed E-state index contributed by atoms with van der Waals surface area (Å²) in [5, 5.41) is 0. The van der Waals surface area contributed by atoms with E-state index in [0.717, 1.165) is 38.1 Å². The summed E-state index contributed by atoms with van der Waals surface area (Å²) in [6, 6.07) is -0.332. The third-order valence-electron chi connectivity index (χ3n) is 2.88. The number of nitrogens with zero attached hydrogens (tertiary/aromatic N) is 2. The molecule has 1 atom stereocenters. The Kier molecular flexibility index (Phi) is 5.91. The van der Waals surface area contributed by atoms with Crippen molar-refractivity contribution < 1.29 is 4.79 Å². The van der Waals surface area contributed by atoms with E-state index >= 15 is 0 Å². The van der Waals surface area contributed by atoms with Gasteiger partial charge in [-0.3, -0.25) is 4.79 Å². The van der Waals surface area contributed by atoms with Gasteiger partial charge >= 0.3 is 0 Å². The van der Waals surface area contributed by atoms with Gasteiger partial charge in [0.05, 0.1) is 12.5 Å². The van der Waals surface area contributed by atoms with Crippen molar-refractivity contribution in [2.75, 3.05) is 0 Å². The second kappa shape index (κ2) is 7.22. The van der Waals surface area contributed by atoms with Crippen molar-refractivity contribution in [2.45, 2.75) is 58.5 Å². The molecular formula is C13H23N3O. The fraction of sp³-hybridized carbons (Fsp3) is 0.692. The maximum absolute atomic E-state index is 11.9. The van der Waals surface area contributed by atoms with Crippen LogP contribution in [0.15, 0.2) is 12.4 Å². The van der Waals surface area contributed by atoms with E-state index in [2.05, 4.69) is 18.8 Å². The molecule has 0 aliphatic rings. The maximum Gasteiger partial charge on any atom is 0.157 e. The standard InChI is InChI=1S/C13H23N3O/c1-3-5-6-11(14)12(17)10-13-15-7-9-16(13)8-4-2/h7,9,11H,3-6,8,10,14H2,1-2H3. The summed E-state index contributed by atoms with van der Waals surface area (Å²) in [6.07, 6.45) is 7.93. The van der Waals surface area contributed by atoms with Crippen molar-refractivity contribution in [3.8, 4) is 0 Å². The monoisotopic (exact) mass is 237 g/mol. The quantitative estimate of drug-likeness (QED) is 0.751. The predicted octanol–water partition coefficient (Wildman–Crippen LogP) is 1.92. The van der Waals surface area contributed by atoms with Crippen LogP contribution >= 0.6 is 0 Å². The Hall–Kier alpha value is -1.16. The lowest BCUT2D eigenvalue weighted by atomic mass is 10.0. The number of ketones is 1. The van der Waals surface area contributed by atoms with Gasteiger partial charge in [-0.15, -0.1) is 0 Å². The van der Waals surface area contributed by atoms with Crippen molar-refractivity contribution in [2.24, 2.45) is 5.73 Å². The number of aryl methyl sites for hydroxylation is 1. The summed E-state index contributed by atoms with van der Waals surface area (Å²) in [7, 11) is 0. The molecule has 1 heterocycles. The maximum atomic E-state index is 11.9. The lowest BCUT2D eigenvalue weighted by molar-refractivity contribution is -0.119. The molecule has 0 radical (unpaired) electrons. The molecule has 0 saturated carbocycles. The van der Waals surface area contributed by atoms with E-state index in [-0.39, 0.29) is 11.8 Å². The van der Waals surface area contributed by atoms with Gasteiger partial charge in [0, 0.05) is 18.9 Å². The topological polar surface area (TPSA) is 60.9 Å². The van der Waals surface area contributed by atoms with Gasteiger partial charge < -0.3 is 10.3 Å². The summed E-state index contributed by atoms with van der Waals surface area (Å²) in [6.45, 7) is 5.12. The number of hydrogen-bond acceptors (Lipinski definition) is 3. The normalized spacial score (nSPS) is 12.6. The van der Waals surface area contributed by atoms with E-state index in [1.54, 1.807) is 6.20 Å². The molecule has 0 aliphatic heterocycles. The van der Waals surface area contributed by atoms with Gasteiger partial charge in [0.2, 0.25) is 0 Å². The molecule has 0 aliphatic carbocycles. The van der Waals surface area contributed by atoms with Crippen LogP contribution in [-0.2, 0) is 17.8 Å². The molecule has 17 heavy (non-hydrogen) atoms. The summed E-state index contributed by atoms with van der Waals surface area (Å²) in [5.41, 5.74) is 5.86. The molecule has 96 valence electrons. The Bertz CT molecular complexity index is 346. The van der Waals surface area contributed by atoms with Gasteiger partial charge in [-0.05, 0) is 12.8 Å². The second-order valence-corrected chi connectivity index (χ2v) is 4.43. The summed E-state index contributed by atoms with van der Waals surface area (Å²) < 4.78 is 2.03. The van der Waals surface area contributed by atoms with Crippen molar-refractivity contribution in [3.05, 3.63) is 18.2 Å². The fourth-order valence-corrected chi connectivity index (χ4v) is 1.82. The first-order valence-corrected chi connectivity index (χ1v) is 6.47. The molecule has 0 bridgehead atoms. The molecule has 2 N–H and O–H groups in total. The molecule has 4 heteroatoms. The van der Waals surface area contributed by atoms with Crippen LogP contribution in [0.4, 0.5) is 0 Å². The third-order valence-corrected chi connectivity index (χ3v) is 2.88. The predicted molar refractivity (Wildman–Crippen MR) is 68.7 cm³/mol. The highest BCUT2D eigenvalue weighted by atomic mass is 16.1. The van der Waals surface area contributed by atoms with Crippen molar-refractivity contribution in [1.82, 2.24) is 9.55 Å². The largest absolute Gasteiger partial charge is 0.335 e. The first kappa shape index (κ1) is 13.9. The molecule has 0 saturated heterocycles. The van der Waals surface area contributed by atoms with Gasteiger partial charge in [0.25, 0.3) is 0 Å². The van der Waals surface area contributed by atoms with Crippen LogP contribution in [-0.4, -0.2) is 21.4 Å². The zero-order valence-corrected chi connectivity index (χ0v) is 10.9. The second-order valence-electron chi connectivity index (χ2n) is 4.43. The highest BCUT2D eigenvalue weighted by Gasteiger charge is 2.15. The smallest absolute Gasteiger partial charge is 0.157 e. The van der Waals surface area contributed by atoms with Crippen LogP contribution in [0.3, 0.4) is 0 Å². The van der Waals surface area contributed by atoms with E-state index in [1.165, 1.54) is 0 Å². The molecule has 1 aromatic rings. The number of rotatable bonds is 8. The highest BCUT2D eigenvalue weighted by Crippen LogP contribution is 2.05. The minimum atomic E-state index is -0.332. The SMILES string of the molecule is CCCCC(N)C(=O)Cc1nccn1CCC. The van der Waals surface area contributed by atoms with Gasteiger partial charge in [-0.25, -0.2) is 4.98 Å². The Morgan fingerprint density at radius 3 is 2.88 bits per heavy atom. The van der Waals surface area contributed by atoms with Crippen LogP contribution in [0.25, 0.3) is 0 Å². The van der Waals surface area contributed by atoms with Gasteiger partial charge in [-0.2, -0.15) is 0 Å². The Labute approximate surface area is 103 Å². The zero-order valence-electron chi connectivity index (χ0n) is 10.9. The molecule has 0 aromatic carbocycles. The molecular weight excluding hydrogens is 214 g/mol. The molecule has 1 aromatic heterocycles. The summed E-state index contributed by atoms with van der Waals surface area (Å²) in [4.78, 5) is 16.1. The number of carbonyl (C=O) groups is 1. The number of unbranched alkanes of at least 4 members (excludes halogenated alkanes) is 1. The number of carbonyl (C=O) groups excluding carboxylic acids is 1. The molecule has 1 rings (SSSR count). The first-order chi connectivity index (χ1) is 8.19. The van der Waals surface area contributed by atoms with Crippen molar-refractivity contribution in [3.63, 3.8) is 0 Å². The zero-order chi connectivity index (χ0) is 12.7. The number of aromatic nitrogens is 2. The van der Waals surface area contributed by atoms with Crippen LogP contribution in [0.5, 0.6) is 0 Å². The summed E-state index contributed by atoms with van der Waals surface area (Å²) >= 11 is 0. The molecule has 1 unspecified atom stereocenters. The van der Waals surface area contributed by atoms with Crippen molar-refractivity contribution in [1.29, 1.82) is 0 Å². The molecule has 0 fully saturated rings. The minimum absolute atomic E-state index is 0.0991. The van der Waals surface area contributed by atoms with E-state index < -0.39 is 0 Å². The van der Waals surface area contributed by atoms with E-state index in [0.29, 0.717) is 6.42 Å². The number of nitrogens with two attached hydrogens (primary N) is 1. The lowest BCUT2D eigenvalue weighted by Crippen LogP contribution is -2.32. The average molecular weight is 237 g/mol. The van der Waals surface area contributed by atoms with Crippen LogP contribution in [0.2, 0.25) is 0 Å². The van der Waals surface area contributed by atoms with Crippen molar-refractivity contribution >= 4 is 5.78 Å². The number of hydrogen-bond donors (Lipinski definition) is 1. The van der Waals surface area contributed by atoms with Crippen LogP contribution in [0.1, 0.15) is 45.4 Å². The minimum Gasteiger partial charge on any atom is -0.335 e. The Morgan fingerprint density at radius 2 is 2.24 bits per heavy atom. The van der Waals surface area contributed by atoms with E-state index in [1.807, 2.05) is 10.8 Å². The average Bonchev–Trinajstić information content (AvgIpc) is 2.74. The van der Waals surface area contributed by atoms with Gasteiger partial charge in [-0.1, -0.05) is 26.7 Å². The number of Topliss-reactive ketones (excluding diaryl/α,β-unsaturated/α-hetero) is 1. The Balaban J connectivity index is 2.52. The fourth-order valence-electron chi connectivity index (χ4n) is 1.82. The van der Waals surface area contributed by atoms with E-state index in [4.69, 9.17) is 5.73 Å². The van der Waals surface area contributed by atoms with E-state index in [9.17, 15) is 4.79 Å². The molecule has 0 spiro atoms. The van der Waals surface area contributed by atoms with Crippen LogP contribution in [0, 0.1) is 0 Å². The third kappa shape index (κ3) is 4.30. The van der Waals surface area contributed by atoms with Gasteiger partial charge in [0.15, 0.2) is 5.78 Å². The molecule has 0 amide bonds. The summed E-state index contributed by atoms with van der Waals surface area (Å²) in [5.74, 6) is 0.936.